The highest BCUT2D eigenvalue weighted by atomic mass is 35.5. The first-order valence-electron chi connectivity index (χ1n) is 6.68. The first-order chi connectivity index (χ1) is 10.2. The van der Waals surface area contributed by atoms with E-state index in [0.717, 1.165) is 6.42 Å². The molecule has 0 spiro atoms. The maximum atomic E-state index is 11.9. The Morgan fingerprint density at radius 2 is 2.24 bits per heavy atom. The lowest BCUT2D eigenvalue weighted by Gasteiger charge is -2.12. The van der Waals surface area contributed by atoms with Crippen molar-refractivity contribution in [3.63, 3.8) is 0 Å². The predicted octanol–water partition coefficient (Wildman–Crippen LogP) is 4.16. The van der Waals surface area contributed by atoms with E-state index in [-0.39, 0.29) is 6.03 Å². The van der Waals surface area contributed by atoms with Crippen molar-refractivity contribution in [3.05, 3.63) is 45.6 Å². The summed E-state index contributed by atoms with van der Waals surface area (Å²) in [7, 11) is 0. The van der Waals surface area contributed by atoms with E-state index in [0.29, 0.717) is 29.6 Å². The van der Waals surface area contributed by atoms with Gasteiger partial charge in [-0.2, -0.15) is 0 Å². The molecule has 2 aromatic rings. The zero-order chi connectivity index (χ0) is 15.1. The second-order valence-corrected chi connectivity index (χ2v) is 5.75. The molecule has 1 aromatic heterocycles. The zero-order valence-electron chi connectivity index (χ0n) is 11.7. The molecule has 0 fully saturated rings. The van der Waals surface area contributed by atoms with Gasteiger partial charge in [0, 0.05) is 16.4 Å². The minimum absolute atomic E-state index is 0.269. The monoisotopic (exact) mass is 324 g/mol. The second kappa shape index (κ2) is 7.90. The quantitative estimate of drug-likeness (QED) is 0.838. The molecule has 0 atom stereocenters. The number of benzene rings is 1. The summed E-state index contributed by atoms with van der Waals surface area (Å²) in [6, 6.07) is 8.93. The molecular formula is C15H17ClN2O2S. The van der Waals surface area contributed by atoms with Crippen LogP contribution in [0.4, 0.5) is 10.5 Å². The number of amides is 2. The van der Waals surface area contributed by atoms with Crippen LogP contribution in [0, 0.1) is 0 Å². The van der Waals surface area contributed by atoms with Crippen LogP contribution in [0.25, 0.3) is 0 Å². The average Bonchev–Trinajstić information content (AvgIpc) is 2.95. The number of thiophene rings is 1. The number of carbonyl (C=O) groups excluding carboxylic acids is 1. The normalized spacial score (nSPS) is 10.2. The molecule has 6 heteroatoms. The maximum Gasteiger partial charge on any atom is 0.319 e. The average molecular weight is 325 g/mol. The Kier molecular flexibility index (Phi) is 5.90. The lowest BCUT2D eigenvalue weighted by atomic mass is 10.3. The van der Waals surface area contributed by atoms with Crippen molar-refractivity contribution < 1.29 is 9.53 Å². The Hall–Kier alpha value is -1.72. The van der Waals surface area contributed by atoms with E-state index >= 15 is 0 Å². The van der Waals surface area contributed by atoms with Gasteiger partial charge in [0.05, 0.1) is 12.3 Å². The van der Waals surface area contributed by atoms with Crippen molar-refractivity contribution in [3.8, 4) is 5.75 Å². The Morgan fingerprint density at radius 3 is 2.95 bits per heavy atom. The van der Waals surface area contributed by atoms with Gasteiger partial charge in [0.2, 0.25) is 0 Å². The van der Waals surface area contributed by atoms with Gasteiger partial charge in [-0.25, -0.2) is 4.79 Å². The molecule has 0 radical (unpaired) electrons. The number of anilines is 1. The summed E-state index contributed by atoms with van der Waals surface area (Å²) >= 11 is 7.63. The summed E-state index contributed by atoms with van der Waals surface area (Å²) in [4.78, 5) is 13.1. The van der Waals surface area contributed by atoms with Crippen LogP contribution in [-0.4, -0.2) is 19.2 Å². The SMILES string of the molecule is CCOc1ccc(Cl)cc1NC(=O)NCCc1cccs1. The first kappa shape index (κ1) is 15.7. The van der Waals surface area contributed by atoms with Crippen LogP contribution in [0.15, 0.2) is 35.7 Å². The van der Waals surface area contributed by atoms with Crippen molar-refractivity contribution in [2.75, 3.05) is 18.5 Å². The third-order valence-corrected chi connectivity index (χ3v) is 3.90. The van der Waals surface area contributed by atoms with Crippen LogP contribution in [0.2, 0.25) is 5.02 Å². The molecule has 0 aliphatic carbocycles. The highest BCUT2D eigenvalue weighted by Crippen LogP contribution is 2.27. The number of nitrogens with one attached hydrogen (secondary N) is 2. The number of carbonyl (C=O) groups is 1. The van der Waals surface area contributed by atoms with Crippen molar-refractivity contribution >= 4 is 34.7 Å². The molecule has 2 amide bonds. The van der Waals surface area contributed by atoms with Crippen LogP contribution < -0.4 is 15.4 Å². The van der Waals surface area contributed by atoms with Gasteiger partial charge in [-0.15, -0.1) is 11.3 Å². The Labute approximate surface area is 133 Å². The van der Waals surface area contributed by atoms with Gasteiger partial charge in [-0.05, 0) is 43.0 Å². The van der Waals surface area contributed by atoms with Crippen LogP contribution in [-0.2, 0) is 6.42 Å². The number of urea groups is 1. The van der Waals surface area contributed by atoms with Gasteiger partial charge in [-0.3, -0.25) is 0 Å². The predicted molar refractivity (Wildman–Crippen MR) is 87.7 cm³/mol. The third kappa shape index (κ3) is 4.95. The van der Waals surface area contributed by atoms with E-state index in [1.165, 1.54) is 4.88 Å². The van der Waals surface area contributed by atoms with Gasteiger partial charge >= 0.3 is 6.03 Å². The molecule has 0 saturated carbocycles. The van der Waals surface area contributed by atoms with Crippen molar-refractivity contribution in [1.29, 1.82) is 0 Å². The number of ether oxygens (including phenoxy) is 1. The molecule has 0 unspecified atom stereocenters. The minimum atomic E-state index is -0.269. The summed E-state index contributed by atoms with van der Waals surface area (Å²) in [5, 5.41) is 8.15. The summed E-state index contributed by atoms with van der Waals surface area (Å²) in [6.45, 7) is 2.99. The van der Waals surface area contributed by atoms with Crippen LogP contribution in [0.1, 0.15) is 11.8 Å². The summed E-state index contributed by atoms with van der Waals surface area (Å²) < 4.78 is 5.46. The Bertz CT molecular complexity index is 587. The molecule has 21 heavy (non-hydrogen) atoms. The van der Waals surface area contributed by atoms with E-state index in [2.05, 4.69) is 16.7 Å². The van der Waals surface area contributed by atoms with Crippen LogP contribution in [0.3, 0.4) is 0 Å². The number of hydrogen-bond acceptors (Lipinski definition) is 3. The molecule has 112 valence electrons. The largest absolute Gasteiger partial charge is 0.492 e. The van der Waals surface area contributed by atoms with Gasteiger partial charge in [-0.1, -0.05) is 17.7 Å². The topological polar surface area (TPSA) is 50.4 Å². The maximum absolute atomic E-state index is 11.9. The Morgan fingerprint density at radius 1 is 1.38 bits per heavy atom. The fourth-order valence-corrected chi connectivity index (χ4v) is 2.68. The van der Waals surface area contributed by atoms with Crippen LogP contribution in [0.5, 0.6) is 5.75 Å². The van der Waals surface area contributed by atoms with Crippen molar-refractivity contribution in [1.82, 2.24) is 5.32 Å². The van der Waals surface area contributed by atoms with Gasteiger partial charge < -0.3 is 15.4 Å². The molecule has 0 aliphatic heterocycles. The molecule has 2 rings (SSSR count). The van der Waals surface area contributed by atoms with E-state index in [1.54, 1.807) is 29.5 Å². The fourth-order valence-electron chi connectivity index (χ4n) is 1.80. The molecule has 2 N–H and O–H groups in total. The molecule has 1 heterocycles. The molecule has 4 nitrogen and oxygen atoms in total. The third-order valence-electron chi connectivity index (χ3n) is 2.73. The van der Waals surface area contributed by atoms with Gasteiger partial charge in [0.25, 0.3) is 0 Å². The highest BCUT2D eigenvalue weighted by Gasteiger charge is 2.08. The molecular weight excluding hydrogens is 308 g/mol. The number of halogens is 1. The van der Waals surface area contributed by atoms with E-state index in [4.69, 9.17) is 16.3 Å². The molecule has 0 saturated heterocycles. The lowest BCUT2D eigenvalue weighted by molar-refractivity contribution is 0.252. The molecule has 0 aliphatic rings. The standard InChI is InChI=1S/C15H17ClN2O2S/c1-2-20-14-6-5-11(16)10-13(14)18-15(19)17-8-7-12-4-3-9-21-12/h3-6,9-10H,2,7-8H2,1H3,(H2,17,18,19). The van der Waals surface area contributed by atoms with Crippen molar-refractivity contribution in [2.24, 2.45) is 0 Å². The zero-order valence-corrected chi connectivity index (χ0v) is 13.3. The summed E-state index contributed by atoms with van der Waals surface area (Å²) in [6.07, 6.45) is 0.818. The van der Waals surface area contributed by atoms with Crippen LogP contribution >= 0.6 is 22.9 Å². The first-order valence-corrected chi connectivity index (χ1v) is 7.94. The second-order valence-electron chi connectivity index (χ2n) is 4.28. The van der Waals surface area contributed by atoms with Gasteiger partial charge in [0.1, 0.15) is 5.75 Å². The van der Waals surface area contributed by atoms with Crippen molar-refractivity contribution in [2.45, 2.75) is 13.3 Å². The number of hydrogen-bond donors (Lipinski definition) is 2. The summed E-state index contributed by atoms with van der Waals surface area (Å²) in [5.74, 6) is 0.607. The molecule has 0 bridgehead atoms. The van der Waals surface area contributed by atoms with E-state index < -0.39 is 0 Å². The minimum Gasteiger partial charge on any atom is -0.492 e. The van der Waals surface area contributed by atoms with Gasteiger partial charge in [0.15, 0.2) is 0 Å². The smallest absolute Gasteiger partial charge is 0.319 e. The summed E-state index contributed by atoms with van der Waals surface area (Å²) in [5.41, 5.74) is 0.568. The van der Waals surface area contributed by atoms with E-state index in [9.17, 15) is 4.79 Å². The van der Waals surface area contributed by atoms with E-state index in [1.807, 2.05) is 18.4 Å². The fraction of sp³-hybridized carbons (Fsp3) is 0.267. The Balaban J connectivity index is 1.88. The lowest BCUT2D eigenvalue weighted by Crippen LogP contribution is -2.30. The highest BCUT2D eigenvalue weighted by molar-refractivity contribution is 7.09. The molecule has 1 aromatic carbocycles. The number of rotatable bonds is 6.